The first-order chi connectivity index (χ1) is 19.3. The van der Waals surface area contributed by atoms with Crippen LogP contribution in [0.5, 0.6) is 0 Å². The van der Waals surface area contributed by atoms with Crippen LogP contribution < -0.4 is 4.90 Å². The van der Waals surface area contributed by atoms with E-state index in [4.69, 9.17) is 15.0 Å². The highest BCUT2D eigenvalue weighted by Crippen LogP contribution is 2.52. The second kappa shape index (κ2) is 8.61. The largest absolute Gasteiger partial charge is 0.278 e. The van der Waals surface area contributed by atoms with Gasteiger partial charge in [0.15, 0.2) is 11.6 Å². The number of fused-ring (bicyclic) bond motifs is 4. The second-order valence-electron chi connectivity index (χ2n) is 9.71. The molecule has 4 nitrogen and oxygen atoms in total. The zero-order valence-corrected chi connectivity index (χ0v) is 21.0. The molecule has 0 radical (unpaired) electrons. The third-order valence-electron chi connectivity index (χ3n) is 7.43. The van der Waals surface area contributed by atoms with Crippen LogP contribution in [0.25, 0.3) is 55.4 Å². The average Bonchev–Trinajstić information content (AvgIpc) is 3.02. The van der Waals surface area contributed by atoms with Gasteiger partial charge in [-0.3, -0.25) is 4.90 Å². The lowest BCUT2D eigenvalue weighted by molar-refractivity contribution is 1.02. The van der Waals surface area contributed by atoms with Gasteiger partial charge in [-0.05, 0) is 33.9 Å². The smallest absolute Gasteiger partial charge is 0.238 e. The van der Waals surface area contributed by atoms with E-state index in [1.54, 1.807) is 0 Å². The van der Waals surface area contributed by atoms with Gasteiger partial charge in [-0.25, -0.2) is 4.98 Å². The van der Waals surface area contributed by atoms with E-state index in [2.05, 4.69) is 77.7 Å². The Kier molecular flexibility index (Phi) is 4.79. The van der Waals surface area contributed by atoms with Crippen molar-refractivity contribution >= 4 is 38.9 Å². The van der Waals surface area contributed by atoms with E-state index in [1.807, 2.05) is 60.7 Å². The lowest BCUT2D eigenvalue weighted by Crippen LogP contribution is -2.19. The summed E-state index contributed by atoms with van der Waals surface area (Å²) >= 11 is 0. The minimum Gasteiger partial charge on any atom is -0.278 e. The molecule has 0 N–H and O–H groups in total. The molecule has 1 aliphatic rings. The maximum atomic E-state index is 5.10. The molecule has 7 aromatic rings. The fourth-order valence-electron chi connectivity index (χ4n) is 5.69. The summed E-state index contributed by atoms with van der Waals surface area (Å²) in [5.41, 5.74) is 6.45. The minimum atomic E-state index is 0.598. The Bertz CT molecular complexity index is 1950. The molecule has 0 amide bonds. The van der Waals surface area contributed by atoms with Gasteiger partial charge in [0.05, 0.1) is 11.4 Å². The SMILES string of the molecule is c1ccc(-c2nc(-c3ccccc3)nc(N3c4ccc5ccccc5c4-c4cccc5cccc3c45)n2)cc1. The Morgan fingerprint density at radius 1 is 0.436 bits per heavy atom. The number of anilines is 3. The van der Waals surface area contributed by atoms with Crippen LogP contribution in [0.3, 0.4) is 0 Å². The lowest BCUT2D eigenvalue weighted by atomic mass is 9.88. The molecule has 0 spiro atoms. The van der Waals surface area contributed by atoms with Gasteiger partial charge in [0.25, 0.3) is 0 Å². The summed E-state index contributed by atoms with van der Waals surface area (Å²) in [7, 11) is 0. The van der Waals surface area contributed by atoms with Gasteiger partial charge >= 0.3 is 0 Å². The Balaban J connectivity index is 1.48. The molecular formula is C35H22N4. The molecule has 1 aliphatic heterocycles. The number of hydrogen-bond donors (Lipinski definition) is 0. The van der Waals surface area contributed by atoms with Crippen molar-refractivity contribution in [3.8, 4) is 33.9 Å². The highest BCUT2D eigenvalue weighted by Gasteiger charge is 2.29. The zero-order valence-electron chi connectivity index (χ0n) is 21.0. The van der Waals surface area contributed by atoms with Crippen LogP contribution in [0.2, 0.25) is 0 Å². The first-order valence-corrected chi connectivity index (χ1v) is 13.1. The number of benzene rings is 6. The van der Waals surface area contributed by atoms with Crippen molar-refractivity contribution in [3.05, 3.63) is 133 Å². The van der Waals surface area contributed by atoms with E-state index in [9.17, 15) is 0 Å². The Hall–Kier alpha value is -5.35. The second-order valence-corrected chi connectivity index (χ2v) is 9.71. The molecular weight excluding hydrogens is 476 g/mol. The molecule has 1 aromatic heterocycles. The summed E-state index contributed by atoms with van der Waals surface area (Å²) in [5.74, 6) is 1.89. The van der Waals surface area contributed by atoms with E-state index >= 15 is 0 Å². The molecule has 0 aliphatic carbocycles. The van der Waals surface area contributed by atoms with Gasteiger partial charge in [-0.15, -0.1) is 0 Å². The van der Waals surface area contributed by atoms with Crippen molar-refractivity contribution in [3.63, 3.8) is 0 Å². The number of rotatable bonds is 3. The van der Waals surface area contributed by atoms with Crippen molar-refractivity contribution in [2.24, 2.45) is 0 Å². The van der Waals surface area contributed by atoms with Gasteiger partial charge in [-0.2, -0.15) is 9.97 Å². The van der Waals surface area contributed by atoms with Gasteiger partial charge in [0, 0.05) is 22.1 Å². The summed E-state index contributed by atoms with van der Waals surface area (Å²) < 4.78 is 0. The molecule has 2 heterocycles. The van der Waals surface area contributed by atoms with Gasteiger partial charge in [0.2, 0.25) is 5.95 Å². The van der Waals surface area contributed by atoms with E-state index in [-0.39, 0.29) is 0 Å². The first-order valence-electron chi connectivity index (χ1n) is 13.1. The summed E-state index contributed by atoms with van der Waals surface area (Å²) in [6.07, 6.45) is 0. The minimum absolute atomic E-state index is 0.598. The molecule has 0 fully saturated rings. The molecule has 0 bridgehead atoms. The fourth-order valence-corrected chi connectivity index (χ4v) is 5.69. The molecule has 0 saturated carbocycles. The average molecular weight is 499 g/mol. The molecule has 0 saturated heterocycles. The highest BCUT2D eigenvalue weighted by molar-refractivity contribution is 6.18. The molecule has 6 aromatic carbocycles. The van der Waals surface area contributed by atoms with Gasteiger partial charge in [-0.1, -0.05) is 121 Å². The van der Waals surface area contributed by atoms with Gasteiger partial charge in [0.1, 0.15) is 0 Å². The summed E-state index contributed by atoms with van der Waals surface area (Å²) in [4.78, 5) is 17.3. The Morgan fingerprint density at radius 2 is 1.05 bits per heavy atom. The zero-order chi connectivity index (χ0) is 25.8. The van der Waals surface area contributed by atoms with Crippen molar-refractivity contribution in [2.75, 3.05) is 4.90 Å². The van der Waals surface area contributed by atoms with E-state index < -0.39 is 0 Å². The summed E-state index contributed by atoms with van der Waals surface area (Å²) in [6.45, 7) is 0. The molecule has 0 unspecified atom stereocenters. The van der Waals surface area contributed by atoms with E-state index in [0.717, 1.165) is 22.5 Å². The van der Waals surface area contributed by atoms with E-state index in [1.165, 1.54) is 32.7 Å². The lowest BCUT2D eigenvalue weighted by Gasteiger charge is -2.32. The van der Waals surface area contributed by atoms with Crippen LogP contribution in [-0.2, 0) is 0 Å². The monoisotopic (exact) mass is 498 g/mol. The van der Waals surface area contributed by atoms with E-state index in [0.29, 0.717) is 17.6 Å². The Labute approximate surface area is 225 Å². The highest BCUT2D eigenvalue weighted by atomic mass is 15.3. The van der Waals surface area contributed by atoms with Gasteiger partial charge < -0.3 is 0 Å². The standard InChI is InChI=1S/C35H22N4/c1-3-12-25(13-4-1)33-36-34(26-14-5-2-6-15-26)38-35(37-33)39-29-20-10-17-24-16-9-19-28(31(24)29)32-27-18-8-7-11-23(27)21-22-30(32)39/h1-22H. The van der Waals surface area contributed by atoms with Crippen molar-refractivity contribution < 1.29 is 0 Å². The number of aromatic nitrogens is 3. The van der Waals surface area contributed by atoms with Crippen LogP contribution in [-0.4, -0.2) is 15.0 Å². The fraction of sp³-hybridized carbons (Fsp3) is 0. The summed E-state index contributed by atoms with van der Waals surface area (Å²) in [5, 5.41) is 4.81. The quantitative estimate of drug-likeness (QED) is 0.244. The third kappa shape index (κ3) is 3.42. The van der Waals surface area contributed by atoms with Crippen LogP contribution in [0.1, 0.15) is 0 Å². The Morgan fingerprint density at radius 3 is 1.77 bits per heavy atom. The first kappa shape index (κ1) is 21.7. The predicted octanol–water partition coefficient (Wildman–Crippen LogP) is 8.96. The topological polar surface area (TPSA) is 41.9 Å². The molecule has 4 heteroatoms. The maximum Gasteiger partial charge on any atom is 0.238 e. The maximum absolute atomic E-state index is 5.10. The van der Waals surface area contributed by atoms with Crippen LogP contribution in [0.4, 0.5) is 17.3 Å². The van der Waals surface area contributed by atoms with Crippen LogP contribution >= 0.6 is 0 Å². The predicted molar refractivity (Wildman–Crippen MR) is 159 cm³/mol. The van der Waals surface area contributed by atoms with Crippen LogP contribution in [0, 0.1) is 0 Å². The van der Waals surface area contributed by atoms with Crippen molar-refractivity contribution in [1.29, 1.82) is 0 Å². The number of nitrogens with zero attached hydrogens (tertiary/aromatic N) is 4. The molecule has 8 rings (SSSR count). The third-order valence-corrected chi connectivity index (χ3v) is 7.43. The molecule has 39 heavy (non-hydrogen) atoms. The summed E-state index contributed by atoms with van der Waals surface area (Å²) in [6, 6.07) is 46.2. The number of hydrogen-bond acceptors (Lipinski definition) is 4. The van der Waals surface area contributed by atoms with Crippen molar-refractivity contribution in [1.82, 2.24) is 15.0 Å². The van der Waals surface area contributed by atoms with Crippen LogP contribution in [0.15, 0.2) is 133 Å². The van der Waals surface area contributed by atoms with Crippen molar-refractivity contribution in [2.45, 2.75) is 0 Å². The molecule has 0 atom stereocenters. The normalized spacial score (nSPS) is 12.1. The molecule has 182 valence electrons.